The first-order valence-corrected chi connectivity index (χ1v) is 10.3. The van der Waals surface area contributed by atoms with E-state index in [1.54, 1.807) is 18.3 Å². The molecule has 0 atom stereocenters. The summed E-state index contributed by atoms with van der Waals surface area (Å²) in [5, 5.41) is 1.40. The van der Waals surface area contributed by atoms with Crippen LogP contribution in [0, 0.1) is 6.92 Å². The van der Waals surface area contributed by atoms with Gasteiger partial charge in [0.15, 0.2) is 0 Å². The molecule has 0 radical (unpaired) electrons. The quantitative estimate of drug-likeness (QED) is 0.397. The van der Waals surface area contributed by atoms with E-state index in [0.29, 0.717) is 21.9 Å². The number of primary amides is 1. The van der Waals surface area contributed by atoms with Gasteiger partial charge in [-0.2, -0.15) is 0 Å². The van der Waals surface area contributed by atoms with Gasteiger partial charge in [-0.1, -0.05) is 36.4 Å². The van der Waals surface area contributed by atoms with Crippen LogP contribution in [0.3, 0.4) is 0 Å². The summed E-state index contributed by atoms with van der Waals surface area (Å²) in [6.45, 7) is 5.96. The second kappa shape index (κ2) is 10.1. The normalized spacial score (nSPS) is 11.7. The molecule has 0 saturated heterocycles. The van der Waals surface area contributed by atoms with E-state index in [1.807, 2.05) is 56.3 Å². The molecule has 0 aliphatic carbocycles. The van der Waals surface area contributed by atoms with Crippen LogP contribution in [-0.4, -0.2) is 34.9 Å². The lowest BCUT2D eigenvalue weighted by Gasteiger charge is -2.20. The molecule has 2 aromatic heterocycles. The minimum Gasteiger partial charge on any atom is -0.487 e. The maximum atomic E-state index is 11.1. The van der Waals surface area contributed by atoms with E-state index in [2.05, 4.69) is 11.6 Å². The molecule has 164 valence electrons. The summed E-state index contributed by atoms with van der Waals surface area (Å²) in [6.07, 6.45) is 9.72. The van der Waals surface area contributed by atoms with E-state index in [-0.39, 0.29) is 6.61 Å². The van der Waals surface area contributed by atoms with Gasteiger partial charge in [0.1, 0.15) is 17.9 Å². The van der Waals surface area contributed by atoms with Gasteiger partial charge in [0, 0.05) is 66.0 Å². The van der Waals surface area contributed by atoms with Crippen LogP contribution in [0.15, 0.2) is 61.5 Å². The Balaban J connectivity index is 2.05. The molecular formula is C25H25ClN4O2. The molecule has 6 nitrogen and oxygen atoms in total. The first-order chi connectivity index (χ1) is 15.3. The number of pyridine rings is 2. The van der Waals surface area contributed by atoms with Crippen molar-refractivity contribution in [2.45, 2.75) is 13.5 Å². The second-order valence-electron chi connectivity index (χ2n) is 7.36. The van der Waals surface area contributed by atoms with Crippen LogP contribution in [0.25, 0.3) is 22.7 Å². The number of para-hydroxylation sites is 1. The van der Waals surface area contributed by atoms with Crippen LogP contribution in [0.5, 0.6) is 5.75 Å². The zero-order valence-corrected chi connectivity index (χ0v) is 19.1. The Morgan fingerprint density at radius 3 is 2.78 bits per heavy atom. The van der Waals surface area contributed by atoms with E-state index < -0.39 is 5.91 Å². The number of carbonyl (C=O) groups is 1. The Kier molecular flexibility index (Phi) is 7.28. The Hall–Kier alpha value is -3.64. The zero-order chi connectivity index (χ0) is 23.3. The van der Waals surface area contributed by atoms with Crippen molar-refractivity contribution in [3.05, 3.63) is 88.9 Å². The second-order valence-corrected chi connectivity index (χ2v) is 7.77. The molecule has 1 amide bonds. The Morgan fingerprint density at radius 1 is 1.31 bits per heavy atom. The first-order valence-electron chi connectivity index (χ1n) is 9.95. The minimum absolute atomic E-state index is 0.174. The number of allylic oxidation sites excluding steroid dienone is 2. The summed E-state index contributed by atoms with van der Waals surface area (Å²) >= 11 is 6.36. The summed E-state index contributed by atoms with van der Waals surface area (Å²) in [6, 6.07) is 7.87. The zero-order valence-electron chi connectivity index (χ0n) is 18.3. The Labute approximate surface area is 192 Å². The van der Waals surface area contributed by atoms with Gasteiger partial charge >= 0.3 is 0 Å². The number of aryl methyl sites for hydroxylation is 1. The van der Waals surface area contributed by atoms with E-state index in [1.165, 1.54) is 12.3 Å². The van der Waals surface area contributed by atoms with Crippen LogP contribution in [0.2, 0.25) is 5.02 Å². The third kappa shape index (κ3) is 5.15. The maximum absolute atomic E-state index is 11.1. The van der Waals surface area contributed by atoms with E-state index in [0.717, 1.165) is 27.9 Å². The number of fused-ring (bicyclic) bond motifs is 1. The van der Waals surface area contributed by atoms with Crippen LogP contribution in [-0.2, 0) is 11.4 Å². The molecule has 2 heterocycles. The van der Waals surface area contributed by atoms with Crippen molar-refractivity contribution in [2.75, 3.05) is 14.1 Å². The predicted molar refractivity (Wildman–Crippen MR) is 130 cm³/mol. The third-order valence-electron chi connectivity index (χ3n) is 4.80. The number of benzene rings is 1. The van der Waals surface area contributed by atoms with Crippen molar-refractivity contribution in [3.63, 3.8) is 0 Å². The van der Waals surface area contributed by atoms with Crippen LogP contribution < -0.4 is 10.5 Å². The number of hydrogen-bond acceptors (Lipinski definition) is 5. The Bertz CT molecular complexity index is 1230. The minimum atomic E-state index is -0.553. The number of ether oxygens (including phenoxy) is 1. The first kappa shape index (κ1) is 23.0. The van der Waals surface area contributed by atoms with Crippen molar-refractivity contribution in [1.82, 2.24) is 14.9 Å². The molecule has 2 N–H and O–H groups in total. The van der Waals surface area contributed by atoms with Crippen molar-refractivity contribution < 1.29 is 9.53 Å². The standard InChI is InChI=1S/C25H25ClN4O2/c1-5-7-22(30(3)4)19-12-16(2)29-25-18(19)8-6-9-23(25)32-15-20-17(10-11-24(27)31)13-28-14-21(20)26/h5-14H,1,15H2,2-4H3,(H2,27,31)/b11-10+,22-7-. The number of carbonyl (C=O) groups excluding carboxylic acids is 1. The van der Waals surface area contributed by atoms with E-state index in [9.17, 15) is 4.79 Å². The molecule has 7 heteroatoms. The lowest BCUT2D eigenvalue weighted by Crippen LogP contribution is -2.11. The van der Waals surface area contributed by atoms with Crippen LogP contribution >= 0.6 is 11.6 Å². The monoisotopic (exact) mass is 448 g/mol. The van der Waals surface area contributed by atoms with Crippen molar-refractivity contribution in [1.29, 1.82) is 0 Å². The number of amides is 1. The molecule has 0 aliphatic rings. The van der Waals surface area contributed by atoms with E-state index in [4.69, 9.17) is 27.1 Å². The molecule has 3 aromatic rings. The van der Waals surface area contributed by atoms with Crippen molar-refractivity contribution in [3.8, 4) is 5.75 Å². The van der Waals surface area contributed by atoms with Crippen LogP contribution in [0.4, 0.5) is 0 Å². The lowest BCUT2D eigenvalue weighted by atomic mass is 10.0. The fourth-order valence-corrected chi connectivity index (χ4v) is 3.58. The number of hydrogen-bond donors (Lipinski definition) is 1. The molecule has 0 unspecified atom stereocenters. The highest BCUT2D eigenvalue weighted by molar-refractivity contribution is 6.31. The molecule has 0 aliphatic heterocycles. The van der Waals surface area contributed by atoms with Crippen molar-refractivity contribution >= 4 is 40.2 Å². The van der Waals surface area contributed by atoms with E-state index >= 15 is 0 Å². The number of nitrogens with two attached hydrogens (primary N) is 1. The van der Waals surface area contributed by atoms with Gasteiger partial charge in [-0.05, 0) is 31.2 Å². The summed E-state index contributed by atoms with van der Waals surface area (Å²) in [5.74, 6) is 0.0734. The largest absolute Gasteiger partial charge is 0.487 e. The number of rotatable bonds is 8. The summed E-state index contributed by atoms with van der Waals surface area (Å²) in [7, 11) is 3.98. The highest BCUT2D eigenvalue weighted by atomic mass is 35.5. The van der Waals surface area contributed by atoms with Gasteiger partial charge < -0.3 is 15.4 Å². The molecule has 1 aromatic carbocycles. The predicted octanol–water partition coefficient (Wildman–Crippen LogP) is 4.76. The summed E-state index contributed by atoms with van der Waals surface area (Å²) in [4.78, 5) is 22.0. The average Bonchev–Trinajstić information content (AvgIpc) is 2.74. The SMILES string of the molecule is C=C/C=C(/c1cc(C)nc2c(OCc3c(Cl)cncc3/C=C/C(N)=O)cccc12)N(C)C. The van der Waals surface area contributed by atoms with Gasteiger partial charge in [0.05, 0.1) is 5.02 Å². The Morgan fingerprint density at radius 2 is 2.09 bits per heavy atom. The molecule has 0 spiro atoms. The van der Waals surface area contributed by atoms with Crippen molar-refractivity contribution in [2.24, 2.45) is 5.73 Å². The van der Waals surface area contributed by atoms with Crippen LogP contribution in [0.1, 0.15) is 22.4 Å². The smallest absolute Gasteiger partial charge is 0.241 e. The fraction of sp³-hybridized carbons (Fsp3) is 0.160. The number of nitrogens with zero attached hydrogens (tertiary/aromatic N) is 3. The number of aromatic nitrogens is 2. The molecule has 0 bridgehead atoms. The summed E-state index contributed by atoms with van der Waals surface area (Å²) in [5.41, 5.74) is 10.2. The van der Waals surface area contributed by atoms with Gasteiger partial charge in [-0.3, -0.25) is 9.78 Å². The highest BCUT2D eigenvalue weighted by Gasteiger charge is 2.14. The third-order valence-corrected chi connectivity index (χ3v) is 5.13. The molecule has 0 fully saturated rings. The topological polar surface area (TPSA) is 81.3 Å². The van der Waals surface area contributed by atoms with Gasteiger partial charge in [0.2, 0.25) is 5.91 Å². The average molecular weight is 449 g/mol. The molecule has 3 rings (SSSR count). The number of halogens is 1. The lowest BCUT2D eigenvalue weighted by molar-refractivity contribution is -0.113. The molecule has 32 heavy (non-hydrogen) atoms. The molecular weight excluding hydrogens is 424 g/mol. The summed E-state index contributed by atoms with van der Waals surface area (Å²) < 4.78 is 6.17. The molecule has 0 saturated carbocycles. The maximum Gasteiger partial charge on any atom is 0.241 e. The fourth-order valence-electron chi connectivity index (χ4n) is 3.36. The van der Waals surface area contributed by atoms with Gasteiger partial charge in [0.25, 0.3) is 0 Å². The van der Waals surface area contributed by atoms with Gasteiger partial charge in [-0.15, -0.1) is 0 Å². The highest BCUT2D eigenvalue weighted by Crippen LogP contribution is 2.32. The van der Waals surface area contributed by atoms with Gasteiger partial charge in [-0.25, -0.2) is 4.98 Å².